The molecule has 0 atom stereocenters. The minimum absolute atomic E-state index is 0.723. The third-order valence-corrected chi connectivity index (χ3v) is 5.08. The molecule has 4 nitrogen and oxygen atoms in total. The van der Waals surface area contributed by atoms with Crippen molar-refractivity contribution in [2.75, 3.05) is 6.54 Å². The Bertz CT molecular complexity index is 571. The number of nitrogens with one attached hydrogen (secondary N) is 1. The molecule has 3 rings (SSSR count). The van der Waals surface area contributed by atoms with Crippen LogP contribution in [0, 0.1) is 0 Å². The van der Waals surface area contributed by atoms with Crippen LogP contribution in [0.3, 0.4) is 0 Å². The second-order valence-electron chi connectivity index (χ2n) is 4.80. The van der Waals surface area contributed by atoms with Gasteiger partial charge in [-0.15, -0.1) is 11.8 Å². The predicted octanol–water partition coefficient (Wildman–Crippen LogP) is 3.42. The molecule has 0 bridgehead atoms. The maximum absolute atomic E-state index is 5.26. The summed E-state index contributed by atoms with van der Waals surface area (Å²) < 4.78 is 6.36. The molecule has 106 valence electrons. The van der Waals surface area contributed by atoms with Crippen LogP contribution in [0.1, 0.15) is 24.6 Å². The number of hydrogen-bond donors (Lipinski definition) is 1. The molecule has 0 aliphatic heterocycles. The smallest absolute Gasteiger partial charge is 0.227 e. The van der Waals surface area contributed by atoms with Crippen molar-refractivity contribution in [3.05, 3.63) is 40.5 Å². The van der Waals surface area contributed by atoms with Crippen LogP contribution >= 0.6 is 27.7 Å². The first-order chi connectivity index (χ1) is 9.81. The van der Waals surface area contributed by atoms with Gasteiger partial charge in [-0.3, -0.25) is 0 Å². The van der Waals surface area contributed by atoms with Gasteiger partial charge in [0.05, 0.1) is 5.75 Å². The highest BCUT2D eigenvalue weighted by molar-refractivity contribution is 9.10. The number of hydrogen-bond acceptors (Lipinski definition) is 5. The Labute approximate surface area is 130 Å². The topological polar surface area (TPSA) is 51.0 Å². The number of benzene rings is 1. The summed E-state index contributed by atoms with van der Waals surface area (Å²) >= 11 is 5.24. The van der Waals surface area contributed by atoms with E-state index < -0.39 is 0 Å². The van der Waals surface area contributed by atoms with E-state index in [1.807, 2.05) is 18.2 Å². The van der Waals surface area contributed by atoms with Crippen LogP contribution in [0.15, 0.2) is 38.2 Å². The average Bonchev–Trinajstić information content (AvgIpc) is 3.16. The first-order valence-electron chi connectivity index (χ1n) is 6.73. The van der Waals surface area contributed by atoms with Crippen molar-refractivity contribution < 1.29 is 4.52 Å². The zero-order valence-corrected chi connectivity index (χ0v) is 13.4. The molecule has 6 heteroatoms. The summed E-state index contributed by atoms with van der Waals surface area (Å²) in [5.41, 5.74) is 0. The Kier molecular flexibility index (Phi) is 4.75. The Hall–Kier alpha value is -0.850. The lowest BCUT2D eigenvalue weighted by molar-refractivity contribution is 0.372. The van der Waals surface area contributed by atoms with Crippen molar-refractivity contribution in [1.29, 1.82) is 0 Å². The zero-order chi connectivity index (χ0) is 13.8. The minimum atomic E-state index is 0.723. The molecule has 1 aliphatic rings. The second kappa shape index (κ2) is 6.74. The molecule has 20 heavy (non-hydrogen) atoms. The van der Waals surface area contributed by atoms with Crippen molar-refractivity contribution in [2.24, 2.45) is 0 Å². The highest BCUT2D eigenvalue weighted by Crippen LogP contribution is 2.28. The molecule has 0 spiro atoms. The van der Waals surface area contributed by atoms with E-state index in [0.29, 0.717) is 0 Å². The van der Waals surface area contributed by atoms with Crippen LogP contribution in [-0.4, -0.2) is 22.7 Å². The highest BCUT2D eigenvalue weighted by Gasteiger charge is 2.20. The quantitative estimate of drug-likeness (QED) is 0.772. The van der Waals surface area contributed by atoms with Crippen LogP contribution in [0.2, 0.25) is 0 Å². The van der Waals surface area contributed by atoms with Gasteiger partial charge in [-0.2, -0.15) is 4.98 Å². The number of aromatic nitrogens is 2. The Morgan fingerprint density at radius 1 is 1.35 bits per heavy atom. The summed E-state index contributed by atoms with van der Waals surface area (Å²) in [6.45, 7) is 0.920. The fourth-order valence-corrected chi connectivity index (χ4v) is 3.24. The van der Waals surface area contributed by atoms with E-state index in [4.69, 9.17) is 4.52 Å². The van der Waals surface area contributed by atoms with E-state index in [2.05, 4.69) is 37.5 Å². The molecule has 2 aromatic rings. The van der Waals surface area contributed by atoms with E-state index >= 15 is 0 Å². The number of rotatable bonds is 7. The van der Waals surface area contributed by atoms with Gasteiger partial charge in [0, 0.05) is 28.4 Å². The molecule has 0 unspecified atom stereocenters. The van der Waals surface area contributed by atoms with Crippen molar-refractivity contribution >= 4 is 27.7 Å². The van der Waals surface area contributed by atoms with Crippen LogP contribution in [-0.2, 0) is 12.2 Å². The first kappa shape index (κ1) is 14.1. The first-order valence-corrected chi connectivity index (χ1v) is 8.51. The summed E-state index contributed by atoms with van der Waals surface area (Å²) in [7, 11) is 0. The molecule has 1 aromatic heterocycles. The lowest BCUT2D eigenvalue weighted by Gasteiger charge is -2.00. The van der Waals surface area contributed by atoms with Gasteiger partial charge in [0.2, 0.25) is 5.89 Å². The van der Waals surface area contributed by atoms with Crippen molar-refractivity contribution in [1.82, 2.24) is 15.5 Å². The van der Waals surface area contributed by atoms with Gasteiger partial charge in [0.1, 0.15) is 0 Å². The molecule has 1 aliphatic carbocycles. The SMILES string of the molecule is Brc1ccccc1SCc1noc(CCNC2CC2)n1. The number of nitrogens with zero attached hydrogens (tertiary/aromatic N) is 2. The molecule has 1 N–H and O–H groups in total. The summed E-state index contributed by atoms with van der Waals surface area (Å²) in [6.07, 6.45) is 3.42. The van der Waals surface area contributed by atoms with Gasteiger partial charge in [0.25, 0.3) is 0 Å². The lowest BCUT2D eigenvalue weighted by Crippen LogP contribution is -2.19. The fraction of sp³-hybridized carbons (Fsp3) is 0.429. The predicted molar refractivity (Wildman–Crippen MR) is 82.7 cm³/mol. The highest BCUT2D eigenvalue weighted by atomic mass is 79.9. The standard InChI is InChI=1S/C14H16BrN3OS/c15-11-3-1-2-4-12(11)20-9-13-17-14(19-18-13)7-8-16-10-5-6-10/h1-4,10,16H,5-9H2. The molecule has 0 amide bonds. The molecule has 0 saturated heterocycles. The molecule has 0 radical (unpaired) electrons. The maximum Gasteiger partial charge on any atom is 0.227 e. The maximum atomic E-state index is 5.26. The lowest BCUT2D eigenvalue weighted by atomic mass is 10.4. The van der Waals surface area contributed by atoms with Crippen LogP contribution in [0.5, 0.6) is 0 Å². The third kappa shape index (κ3) is 4.07. The van der Waals surface area contributed by atoms with Gasteiger partial charge in [-0.25, -0.2) is 0 Å². The van der Waals surface area contributed by atoms with Crippen molar-refractivity contribution in [3.8, 4) is 0 Å². The van der Waals surface area contributed by atoms with E-state index in [1.54, 1.807) is 11.8 Å². The molecular formula is C14H16BrN3OS. The van der Waals surface area contributed by atoms with Gasteiger partial charge in [-0.1, -0.05) is 17.3 Å². The average molecular weight is 354 g/mol. The molecule has 1 fully saturated rings. The van der Waals surface area contributed by atoms with Crippen molar-refractivity contribution in [2.45, 2.75) is 36.0 Å². The summed E-state index contributed by atoms with van der Waals surface area (Å²) in [4.78, 5) is 5.61. The zero-order valence-electron chi connectivity index (χ0n) is 11.0. The number of halogens is 1. The second-order valence-corrected chi connectivity index (χ2v) is 6.67. The van der Waals surface area contributed by atoms with Gasteiger partial charge in [-0.05, 0) is 40.9 Å². The Balaban J connectivity index is 1.48. The fourth-order valence-electron chi connectivity index (χ4n) is 1.83. The normalized spacial score (nSPS) is 14.7. The van der Waals surface area contributed by atoms with Crippen molar-refractivity contribution in [3.63, 3.8) is 0 Å². The van der Waals surface area contributed by atoms with Gasteiger partial charge >= 0.3 is 0 Å². The Morgan fingerprint density at radius 3 is 3.00 bits per heavy atom. The monoisotopic (exact) mass is 353 g/mol. The largest absolute Gasteiger partial charge is 0.339 e. The third-order valence-electron chi connectivity index (χ3n) is 3.05. The van der Waals surface area contributed by atoms with Crippen LogP contribution in [0.4, 0.5) is 0 Å². The summed E-state index contributed by atoms with van der Waals surface area (Å²) in [6, 6.07) is 8.87. The van der Waals surface area contributed by atoms with E-state index in [-0.39, 0.29) is 0 Å². The molecule has 1 aromatic carbocycles. The molecule has 1 saturated carbocycles. The van der Waals surface area contributed by atoms with Crippen LogP contribution in [0.25, 0.3) is 0 Å². The molecule has 1 heterocycles. The number of thioether (sulfide) groups is 1. The molecular weight excluding hydrogens is 338 g/mol. The summed E-state index contributed by atoms with van der Waals surface area (Å²) in [5.74, 6) is 2.20. The van der Waals surface area contributed by atoms with E-state index in [1.165, 1.54) is 17.7 Å². The van der Waals surface area contributed by atoms with E-state index in [9.17, 15) is 0 Å². The Morgan fingerprint density at radius 2 is 2.20 bits per heavy atom. The van der Waals surface area contributed by atoms with Gasteiger partial charge in [0.15, 0.2) is 5.82 Å². The van der Waals surface area contributed by atoms with Gasteiger partial charge < -0.3 is 9.84 Å². The van der Waals surface area contributed by atoms with E-state index in [0.717, 1.165) is 40.9 Å². The minimum Gasteiger partial charge on any atom is -0.339 e. The van der Waals surface area contributed by atoms with Crippen LogP contribution < -0.4 is 5.32 Å². The summed E-state index contributed by atoms with van der Waals surface area (Å²) in [5, 5.41) is 7.46.